The number of nitro benzene ring substituents is 1. The lowest BCUT2D eigenvalue weighted by Gasteiger charge is -2.12. The van der Waals surface area contributed by atoms with Crippen LogP contribution in [0.2, 0.25) is 0 Å². The molecule has 0 amide bonds. The molecule has 0 aliphatic heterocycles. The minimum atomic E-state index is -4.85. The second-order valence-corrected chi connectivity index (χ2v) is 3.16. The fourth-order valence-corrected chi connectivity index (χ4v) is 1.33. The van der Waals surface area contributed by atoms with Gasteiger partial charge in [-0.05, 0) is 26.0 Å². The number of aryl methyl sites for hydroxylation is 1. The third-order valence-corrected chi connectivity index (χ3v) is 1.99. The van der Waals surface area contributed by atoms with Gasteiger partial charge in [0.2, 0.25) is 0 Å². The van der Waals surface area contributed by atoms with Crippen molar-refractivity contribution >= 4 is 5.69 Å². The maximum atomic E-state index is 12.0. The van der Waals surface area contributed by atoms with Crippen molar-refractivity contribution in [3.05, 3.63) is 33.4 Å². The van der Waals surface area contributed by atoms with E-state index in [9.17, 15) is 23.3 Å². The molecule has 16 heavy (non-hydrogen) atoms. The van der Waals surface area contributed by atoms with E-state index in [4.69, 9.17) is 0 Å². The lowest BCUT2D eigenvalue weighted by Crippen LogP contribution is -2.18. The summed E-state index contributed by atoms with van der Waals surface area (Å²) in [5.74, 6) is -0.551. The number of nitro groups is 1. The third-order valence-electron chi connectivity index (χ3n) is 1.99. The first-order chi connectivity index (χ1) is 7.22. The van der Waals surface area contributed by atoms with E-state index in [0.29, 0.717) is 0 Å². The first kappa shape index (κ1) is 12.3. The highest BCUT2D eigenvalue weighted by molar-refractivity contribution is 5.53. The van der Waals surface area contributed by atoms with Gasteiger partial charge in [-0.25, -0.2) is 0 Å². The average Bonchev–Trinajstić information content (AvgIpc) is 2.07. The second kappa shape index (κ2) is 3.99. The fourth-order valence-electron chi connectivity index (χ4n) is 1.33. The van der Waals surface area contributed by atoms with Gasteiger partial charge in [0.05, 0.1) is 10.5 Å². The second-order valence-electron chi connectivity index (χ2n) is 3.16. The SMILES string of the molecule is Cc1ccc(OC(F)(F)F)c(C)c1[N+](=O)[O-]. The first-order valence-electron chi connectivity index (χ1n) is 4.22. The quantitative estimate of drug-likeness (QED) is 0.584. The summed E-state index contributed by atoms with van der Waals surface area (Å²) in [6.45, 7) is 2.66. The minimum absolute atomic E-state index is 0.137. The Bertz CT molecular complexity index is 429. The van der Waals surface area contributed by atoms with E-state index in [0.717, 1.165) is 6.07 Å². The molecule has 1 aromatic carbocycles. The minimum Gasteiger partial charge on any atom is -0.405 e. The molecular formula is C9H8F3NO3. The normalized spacial score (nSPS) is 11.3. The fraction of sp³-hybridized carbons (Fsp3) is 0.333. The average molecular weight is 235 g/mol. The van der Waals surface area contributed by atoms with Gasteiger partial charge in [-0.3, -0.25) is 10.1 Å². The summed E-state index contributed by atoms with van der Waals surface area (Å²) in [5, 5.41) is 10.6. The molecule has 0 saturated carbocycles. The summed E-state index contributed by atoms with van der Waals surface area (Å²) < 4.78 is 39.6. The van der Waals surface area contributed by atoms with Crippen LogP contribution in [-0.2, 0) is 0 Å². The number of hydrogen-bond donors (Lipinski definition) is 0. The topological polar surface area (TPSA) is 52.4 Å². The first-order valence-corrected chi connectivity index (χ1v) is 4.22. The Morgan fingerprint density at radius 3 is 2.31 bits per heavy atom. The Morgan fingerprint density at radius 1 is 1.31 bits per heavy atom. The highest BCUT2D eigenvalue weighted by Gasteiger charge is 2.33. The zero-order chi connectivity index (χ0) is 12.5. The lowest BCUT2D eigenvalue weighted by atomic mass is 10.1. The molecule has 4 nitrogen and oxygen atoms in total. The van der Waals surface area contributed by atoms with Gasteiger partial charge >= 0.3 is 6.36 Å². The van der Waals surface area contributed by atoms with E-state index in [2.05, 4.69) is 4.74 Å². The number of rotatable bonds is 2. The molecule has 0 fully saturated rings. The van der Waals surface area contributed by atoms with E-state index in [-0.39, 0.29) is 16.8 Å². The van der Waals surface area contributed by atoms with Gasteiger partial charge in [-0.15, -0.1) is 13.2 Å². The standard InChI is InChI=1S/C9H8F3NO3/c1-5-3-4-7(16-9(10,11)12)6(2)8(5)13(14)15/h3-4H,1-2H3. The largest absolute Gasteiger partial charge is 0.573 e. The van der Waals surface area contributed by atoms with E-state index < -0.39 is 17.0 Å². The smallest absolute Gasteiger partial charge is 0.405 e. The van der Waals surface area contributed by atoms with Crippen molar-refractivity contribution in [1.29, 1.82) is 0 Å². The van der Waals surface area contributed by atoms with Crippen molar-refractivity contribution in [1.82, 2.24) is 0 Å². The van der Waals surface area contributed by atoms with Crippen LogP contribution >= 0.6 is 0 Å². The Morgan fingerprint density at radius 2 is 1.88 bits per heavy atom. The predicted octanol–water partition coefficient (Wildman–Crippen LogP) is 3.11. The summed E-state index contributed by atoms with van der Waals surface area (Å²) in [5.41, 5.74) is -0.207. The van der Waals surface area contributed by atoms with E-state index >= 15 is 0 Å². The van der Waals surface area contributed by atoms with Crippen LogP contribution < -0.4 is 4.74 Å². The predicted molar refractivity (Wildman–Crippen MR) is 49.3 cm³/mol. The molecule has 0 unspecified atom stereocenters. The van der Waals surface area contributed by atoms with Crippen molar-refractivity contribution in [2.75, 3.05) is 0 Å². The summed E-state index contributed by atoms with van der Waals surface area (Å²) in [7, 11) is 0. The Hall–Kier alpha value is -1.79. The van der Waals surface area contributed by atoms with Gasteiger partial charge in [0.15, 0.2) is 0 Å². The number of benzene rings is 1. The Balaban J connectivity index is 3.24. The number of ether oxygens (including phenoxy) is 1. The van der Waals surface area contributed by atoms with Crippen LogP contribution in [0, 0.1) is 24.0 Å². The molecule has 0 bridgehead atoms. The zero-order valence-corrected chi connectivity index (χ0v) is 8.46. The molecule has 7 heteroatoms. The summed E-state index contributed by atoms with van der Waals surface area (Å²) in [6.07, 6.45) is -4.85. The van der Waals surface area contributed by atoms with Crippen molar-refractivity contribution in [3.63, 3.8) is 0 Å². The monoisotopic (exact) mass is 235 g/mol. The van der Waals surface area contributed by atoms with E-state index in [1.54, 1.807) is 0 Å². The summed E-state index contributed by atoms with van der Waals surface area (Å²) in [4.78, 5) is 9.90. The molecule has 88 valence electrons. The molecule has 0 aliphatic rings. The molecule has 0 aliphatic carbocycles. The molecule has 1 aromatic rings. The number of halogens is 3. The number of nitrogens with zero attached hydrogens (tertiary/aromatic N) is 1. The molecule has 0 spiro atoms. The molecule has 0 radical (unpaired) electrons. The van der Waals surface area contributed by atoms with Gasteiger partial charge in [0.1, 0.15) is 5.75 Å². The highest BCUT2D eigenvalue weighted by atomic mass is 19.4. The molecule has 1 rings (SSSR count). The molecule has 0 atom stereocenters. The van der Waals surface area contributed by atoms with Gasteiger partial charge in [-0.2, -0.15) is 0 Å². The van der Waals surface area contributed by atoms with Crippen LogP contribution in [0.5, 0.6) is 5.75 Å². The Labute approximate surface area is 88.8 Å². The number of alkyl halides is 3. The molecule has 0 heterocycles. The van der Waals surface area contributed by atoms with Crippen LogP contribution in [0.3, 0.4) is 0 Å². The Kier molecular flexibility index (Phi) is 3.06. The van der Waals surface area contributed by atoms with Crippen molar-refractivity contribution in [2.24, 2.45) is 0 Å². The van der Waals surface area contributed by atoms with Crippen LogP contribution in [0.1, 0.15) is 11.1 Å². The highest BCUT2D eigenvalue weighted by Crippen LogP contribution is 2.33. The van der Waals surface area contributed by atoms with Crippen molar-refractivity contribution in [2.45, 2.75) is 20.2 Å². The van der Waals surface area contributed by atoms with Crippen LogP contribution in [-0.4, -0.2) is 11.3 Å². The number of hydrogen-bond acceptors (Lipinski definition) is 3. The van der Waals surface area contributed by atoms with Crippen molar-refractivity contribution in [3.8, 4) is 5.75 Å². The molecular weight excluding hydrogens is 227 g/mol. The maximum Gasteiger partial charge on any atom is 0.573 e. The molecule has 0 N–H and O–H groups in total. The maximum absolute atomic E-state index is 12.0. The van der Waals surface area contributed by atoms with Crippen LogP contribution in [0.25, 0.3) is 0 Å². The van der Waals surface area contributed by atoms with Crippen LogP contribution in [0.4, 0.5) is 18.9 Å². The van der Waals surface area contributed by atoms with Crippen LogP contribution in [0.15, 0.2) is 12.1 Å². The molecule has 0 aromatic heterocycles. The summed E-state index contributed by atoms with van der Waals surface area (Å²) in [6, 6.07) is 2.28. The summed E-state index contributed by atoms with van der Waals surface area (Å²) >= 11 is 0. The zero-order valence-electron chi connectivity index (χ0n) is 8.46. The van der Waals surface area contributed by atoms with E-state index in [1.165, 1.54) is 19.9 Å². The van der Waals surface area contributed by atoms with E-state index in [1.807, 2.05) is 0 Å². The third kappa shape index (κ3) is 2.62. The van der Waals surface area contributed by atoms with Gasteiger partial charge in [0.25, 0.3) is 5.69 Å². The molecule has 0 saturated heterocycles. The van der Waals surface area contributed by atoms with Gasteiger partial charge in [0, 0.05) is 5.56 Å². The van der Waals surface area contributed by atoms with Gasteiger partial charge in [-0.1, -0.05) is 0 Å². The van der Waals surface area contributed by atoms with Crippen molar-refractivity contribution < 1.29 is 22.8 Å². The van der Waals surface area contributed by atoms with Gasteiger partial charge < -0.3 is 4.74 Å². The lowest BCUT2D eigenvalue weighted by molar-refractivity contribution is -0.386.